The molecule has 0 atom stereocenters. The first-order chi connectivity index (χ1) is 10.0. The summed E-state index contributed by atoms with van der Waals surface area (Å²) in [6.45, 7) is 1.21. The van der Waals surface area contributed by atoms with Gasteiger partial charge in [0.15, 0.2) is 11.6 Å². The number of nitrogens with zero attached hydrogens (tertiary/aromatic N) is 1. The smallest absolute Gasteiger partial charge is 0.338 e. The number of anilines is 1. The standard InChI is InChI=1S/C15H20F2N2O2/c1-19(10-4-2-3-5-10)9-8-18-12-7-6-11(15(20)21)13(16)14(12)17/h6-7,10,18H,2-5,8-9H2,1H3,(H,20,21). The Morgan fingerprint density at radius 2 is 2.00 bits per heavy atom. The van der Waals surface area contributed by atoms with E-state index in [-0.39, 0.29) is 5.69 Å². The van der Waals surface area contributed by atoms with Crippen LogP contribution in [0.1, 0.15) is 36.0 Å². The summed E-state index contributed by atoms with van der Waals surface area (Å²) in [5, 5.41) is 11.5. The van der Waals surface area contributed by atoms with Gasteiger partial charge in [-0.2, -0.15) is 0 Å². The summed E-state index contributed by atoms with van der Waals surface area (Å²) in [5.74, 6) is -3.94. The highest BCUT2D eigenvalue weighted by atomic mass is 19.2. The largest absolute Gasteiger partial charge is 0.478 e. The summed E-state index contributed by atoms with van der Waals surface area (Å²) in [4.78, 5) is 12.9. The van der Waals surface area contributed by atoms with Crippen molar-refractivity contribution in [1.29, 1.82) is 0 Å². The van der Waals surface area contributed by atoms with E-state index >= 15 is 0 Å². The molecular formula is C15H20F2N2O2. The van der Waals surface area contributed by atoms with Gasteiger partial charge in [0.1, 0.15) is 0 Å². The molecule has 116 valence electrons. The molecule has 4 nitrogen and oxygen atoms in total. The Labute approximate surface area is 122 Å². The van der Waals surface area contributed by atoms with Gasteiger partial charge in [0.05, 0.1) is 11.3 Å². The summed E-state index contributed by atoms with van der Waals surface area (Å²) in [7, 11) is 2.03. The molecule has 0 radical (unpaired) electrons. The van der Waals surface area contributed by atoms with Crippen molar-refractivity contribution in [2.45, 2.75) is 31.7 Å². The van der Waals surface area contributed by atoms with Gasteiger partial charge < -0.3 is 15.3 Å². The van der Waals surface area contributed by atoms with E-state index in [0.29, 0.717) is 12.6 Å². The maximum Gasteiger partial charge on any atom is 0.338 e. The third-order valence-electron chi connectivity index (χ3n) is 4.04. The molecule has 2 N–H and O–H groups in total. The lowest BCUT2D eigenvalue weighted by Gasteiger charge is -2.24. The first-order valence-electron chi connectivity index (χ1n) is 7.16. The molecule has 1 aromatic carbocycles. The van der Waals surface area contributed by atoms with Gasteiger partial charge in [0, 0.05) is 19.1 Å². The topological polar surface area (TPSA) is 52.6 Å². The normalized spacial score (nSPS) is 15.6. The van der Waals surface area contributed by atoms with E-state index in [9.17, 15) is 13.6 Å². The van der Waals surface area contributed by atoms with Crippen molar-refractivity contribution >= 4 is 11.7 Å². The van der Waals surface area contributed by atoms with E-state index in [1.54, 1.807) is 0 Å². The minimum atomic E-state index is -1.47. The Morgan fingerprint density at radius 3 is 2.62 bits per heavy atom. The van der Waals surface area contributed by atoms with Crippen LogP contribution in [0.15, 0.2) is 12.1 Å². The number of nitrogens with one attached hydrogen (secondary N) is 1. The number of carboxylic acid groups (broad SMARTS) is 1. The molecule has 1 saturated carbocycles. The summed E-state index contributed by atoms with van der Waals surface area (Å²) < 4.78 is 27.3. The van der Waals surface area contributed by atoms with Crippen molar-refractivity contribution in [3.8, 4) is 0 Å². The van der Waals surface area contributed by atoms with Gasteiger partial charge >= 0.3 is 5.97 Å². The van der Waals surface area contributed by atoms with Crippen LogP contribution in [0.25, 0.3) is 0 Å². The lowest BCUT2D eigenvalue weighted by molar-refractivity contribution is 0.0690. The van der Waals surface area contributed by atoms with Crippen LogP contribution in [-0.2, 0) is 0 Å². The number of rotatable bonds is 6. The Balaban J connectivity index is 1.91. The van der Waals surface area contributed by atoms with Gasteiger partial charge in [-0.05, 0) is 32.0 Å². The first kappa shape index (κ1) is 15.7. The lowest BCUT2D eigenvalue weighted by atomic mass is 10.2. The zero-order chi connectivity index (χ0) is 15.4. The molecule has 0 saturated heterocycles. The number of likely N-dealkylation sites (N-methyl/N-ethyl adjacent to an activating group) is 1. The van der Waals surface area contributed by atoms with E-state index < -0.39 is 23.2 Å². The van der Waals surface area contributed by atoms with Crippen LogP contribution in [0.2, 0.25) is 0 Å². The zero-order valence-corrected chi connectivity index (χ0v) is 12.0. The van der Waals surface area contributed by atoms with Gasteiger partial charge in [-0.25, -0.2) is 13.6 Å². The highest BCUT2D eigenvalue weighted by Crippen LogP contribution is 2.23. The molecule has 6 heteroatoms. The van der Waals surface area contributed by atoms with Gasteiger partial charge in [0.2, 0.25) is 0 Å². The summed E-state index contributed by atoms with van der Waals surface area (Å²) in [6, 6.07) is 2.91. The molecular weight excluding hydrogens is 278 g/mol. The van der Waals surface area contributed by atoms with Crippen molar-refractivity contribution < 1.29 is 18.7 Å². The highest BCUT2D eigenvalue weighted by Gasteiger charge is 2.20. The van der Waals surface area contributed by atoms with Crippen LogP contribution in [0, 0.1) is 11.6 Å². The number of hydrogen-bond donors (Lipinski definition) is 2. The van der Waals surface area contributed by atoms with Crippen LogP contribution in [0.5, 0.6) is 0 Å². The van der Waals surface area contributed by atoms with Gasteiger partial charge in [0.25, 0.3) is 0 Å². The fourth-order valence-corrected chi connectivity index (χ4v) is 2.75. The third kappa shape index (κ3) is 3.69. The Hall–Kier alpha value is -1.69. The monoisotopic (exact) mass is 298 g/mol. The first-order valence-corrected chi connectivity index (χ1v) is 7.16. The molecule has 0 aliphatic heterocycles. The molecule has 0 spiro atoms. The predicted molar refractivity (Wildman–Crippen MR) is 76.7 cm³/mol. The molecule has 0 unspecified atom stereocenters. The Bertz CT molecular complexity index is 517. The van der Waals surface area contributed by atoms with E-state index in [1.807, 2.05) is 7.05 Å². The molecule has 0 bridgehead atoms. The summed E-state index contributed by atoms with van der Waals surface area (Å²) in [6.07, 6.45) is 4.87. The van der Waals surface area contributed by atoms with Crippen molar-refractivity contribution in [2.75, 3.05) is 25.5 Å². The van der Waals surface area contributed by atoms with Gasteiger partial charge in [-0.1, -0.05) is 12.8 Å². The molecule has 1 aromatic rings. The van der Waals surface area contributed by atoms with E-state index in [4.69, 9.17) is 5.11 Å². The number of aromatic carboxylic acids is 1. The van der Waals surface area contributed by atoms with E-state index in [1.165, 1.54) is 31.7 Å². The van der Waals surface area contributed by atoms with Crippen molar-refractivity contribution in [1.82, 2.24) is 4.90 Å². The second-order valence-corrected chi connectivity index (χ2v) is 5.44. The molecule has 1 fully saturated rings. The number of carbonyl (C=O) groups is 1. The zero-order valence-electron chi connectivity index (χ0n) is 12.0. The molecule has 2 rings (SSSR count). The maximum absolute atomic E-state index is 13.7. The average molecular weight is 298 g/mol. The lowest BCUT2D eigenvalue weighted by Crippen LogP contribution is -2.33. The van der Waals surface area contributed by atoms with Crippen LogP contribution in [0.4, 0.5) is 14.5 Å². The van der Waals surface area contributed by atoms with E-state index in [0.717, 1.165) is 12.6 Å². The van der Waals surface area contributed by atoms with Crippen molar-refractivity contribution in [3.05, 3.63) is 29.3 Å². The molecule has 21 heavy (non-hydrogen) atoms. The van der Waals surface area contributed by atoms with Crippen molar-refractivity contribution in [2.24, 2.45) is 0 Å². The quantitative estimate of drug-likeness (QED) is 0.848. The summed E-state index contributed by atoms with van der Waals surface area (Å²) in [5.41, 5.74) is -0.654. The fraction of sp³-hybridized carbons (Fsp3) is 0.533. The maximum atomic E-state index is 13.7. The van der Waals surface area contributed by atoms with Crippen LogP contribution >= 0.6 is 0 Å². The predicted octanol–water partition coefficient (Wildman–Crippen LogP) is 2.95. The summed E-state index contributed by atoms with van der Waals surface area (Å²) >= 11 is 0. The Kier molecular flexibility index (Phi) is 5.12. The van der Waals surface area contributed by atoms with Crippen molar-refractivity contribution in [3.63, 3.8) is 0 Å². The van der Waals surface area contributed by atoms with E-state index in [2.05, 4.69) is 10.2 Å². The molecule has 1 aliphatic carbocycles. The van der Waals surface area contributed by atoms with Crippen LogP contribution in [0.3, 0.4) is 0 Å². The number of benzene rings is 1. The molecule has 0 amide bonds. The second-order valence-electron chi connectivity index (χ2n) is 5.44. The highest BCUT2D eigenvalue weighted by molar-refractivity contribution is 5.88. The third-order valence-corrected chi connectivity index (χ3v) is 4.04. The van der Waals surface area contributed by atoms with Gasteiger partial charge in [-0.3, -0.25) is 0 Å². The average Bonchev–Trinajstić information content (AvgIpc) is 2.97. The number of carboxylic acids is 1. The van der Waals surface area contributed by atoms with Gasteiger partial charge in [-0.15, -0.1) is 0 Å². The molecule has 0 aromatic heterocycles. The van der Waals surface area contributed by atoms with Crippen LogP contribution in [-0.4, -0.2) is 42.2 Å². The number of halogens is 2. The molecule has 0 heterocycles. The molecule has 1 aliphatic rings. The minimum Gasteiger partial charge on any atom is -0.478 e. The fourth-order valence-electron chi connectivity index (χ4n) is 2.75. The second kappa shape index (κ2) is 6.85. The number of hydrogen-bond acceptors (Lipinski definition) is 3. The minimum absolute atomic E-state index is 0.00248. The Morgan fingerprint density at radius 1 is 1.33 bits per heavy atom. The SMILES string of the molecule is CN(CCNc1ccc(C(=O)O)c(F)c1F)C1CCCC1. The van der Waals surface area contributed by atoms with Crippen LogP contribution < -0.4 is 5.32 Å².